The quantitative estimate of drug-likeness (QED) is 0.167. The van der Waals surface area contributed by atoms with Gasteiger partial charge >= 0.3 is 13.9 Å². The van der Waals surface area contributed by atoms with Gasteiger partial charge in [0.15, 0.2) is 18.4 Å². The van der Waals surface area contributed by atoms with Crippen LogP contribution in [0.4, 0.5) is 33.7 Å². The molecule has 41 heavy (non-hydrogen) atoms. The molecule has 1 aliphatic rings. The maximum atomic E-state index is 14.9. The second-order valence-corrected chi connectivity index (χ2v) is 10.5. The number of phosphoric ester groups is 1. The van der Waals surface area contributed by atoms with E-state index in [1.807, 2.05) is 5.32 Å². The first kappa shape index (κ1) is 30.3. The predicted molar refractivity (Wildman–Crippen MR) is 139 cm³/mol. The monoisotopic (exact) mass is 617 g/mol. The summed E-state index contributed by atoms with van der Waals surface area (Å²) < 4.78 is 76.6. The van der Waals surface area contributed by atoms with Crippen molar-refractivity contribution in [1.82, 2.24) is 4.90 Å². The van der Waals surface area contributed by atoms with Crippen LogP contribution >= 0.6 is 19.4 Å². The van der Waals surface area contributed by atoms with Crippen LogP contribution in [0.2, 0.25) is 5.02 Å². The number of anilines is 2. The van der Waals surface area contributed by atoms with E-state index >= 15 is 0 Å². The van der Waals surface area contributed by atoms with Gasteiger partial charge in [0.05, 0.1) is 23.3 Å². The van der Waals surface area contributed by atoms with Gasteiger partial charge in [0.2, 0.25) is 0 Å². The number of fused-ring (bicyclic) bond motifs is 1. The standard InChI is InChI=1S/C25H21ClF4N3O7P/c1-12-15-4-3-13(24(34)31-23-18(29)8-14(27)9-19(23)30)7-20(15)33(25(35)32(12)2)10-16-17(28)5-6-21(22(16)26)39-11-40-41(36,37)38/h3-9,12H,10-11H2,1-2H3,(H,31,34)(H2,36,37,38)/t12-/m0/s1. The van der Waals surface area contributed by atoms with Crippen molar-refractivity contribution in [3.05, 3.63) is 87.4 Å². The molecule has 3 N–H and O–H groups in total. The summed E-state index contributed by atoms with van der Waals surface area (Å²) in [6.07, 6.45) is 0. The second-order valence-electron chi connectivity index (χ2n) is 8.85. The zero-order valence-electron chi connectivity index (χ0n) is 21.2. The Morgan fingerprint density at radius 1 is 1.07 bits per heavy atom. The van der Waals surface area contributed by atoms with Crippen molar-refractivity contribution in [2.24, 2.45) is 0 Å². The minimum atomic E-state index is -4.86. The van der Waals surface area contributed by atoms with Gasteiger partial charge < -0.3 is 24.7 Å². The minimum Gasteiger partial charge on any atom is -0.465 e. The number of carbonyl (C=O) groups excluding carboxylic acids is 2. The van der Waals surface area contributed by atoms with Crippen LogP contribution in [0.15, 0.2) is 42.5 Å². The third-order valence-electron chi connectivity index (χ3n) is 6.29. The van der Waals surface area contributed by atoms with Gasteiger partial charge in [-0.2, -0.15) is 0 Å². The average molecular weight is 618 g/mol. The molecule has 10 nitrogen and oxygen atoms in total. The maximum Gasteiger partial charge on any atom is 0.472 e. The van der Waals surface area contributed by atoms with Crippen LogP contribution in [0.1, 0.15) is 34.5 Å². The molecule has 1 heterocycles. The lowest BCUT2D eigenvalue weighted by atomic mass is 9.98. The van der Waals surface area contributed by atoms with Gasteiger partial charge in [-0.3, -0.25) is 9.69 Å². The summed E-state index contributed by atoms with van der Waals surface area (Å²) in [5.74, 6) is -5.85. The van der Waals surface area contributed by atoms with Crippen molar-refractivity contribution in [2.75, 3.05) is 24.1 Å². The molecule has 218 valence electrons. The fourth-order valence-corrected chi connectivity index (χ4v) is 4.55. The molecule has 0 aliphatic carbocycles. The van der Waals surface area contributed by atoms with Crippen LogP contribution in [0.5, 0.6) is 5.75 Å². The van der Waals surface area contributed by atoms with E-state index in [-0.39, 0.29) is 27.6 Å². The average Bonchev–Trinajstić information content (AvgIpc) is 2.89. The zero-order chi connectivity index (χ0) is 30.2. The summed E-state index contributed by atoms with van der Waals surface area (Å²) in [6, 6.07) is 5.91. The number of carbonyl (C=O) groups is 2. The molecule has 3 aromatic rings. The number of benzene rings is 3. The summed E-state index contributed by atoms with van der Waals surface area (Å²) in [5.41, 5.74) is -0.516. The third kappa shape index (κ3) is 6.47. The molecular weight excluding hydrogens is 597 g/mol. The number of ether oxygens (including phenoxy) is 1. The molecule has 16 heteroatoms. The Hall–Kier alpha value is -3.68. The van der Waals surface area contributed by atoms with Crippen LogP contribution in [0.3, 0.4) is 0 Å². The summed E-state index contributed by atoms with van der Waals surface area (Å²) in [7, 11) is -3.36. The highest BCUT2D eigenvalue weighted by Crippen LogP contribution is 2.40. The molecule has 0 unspecified atom stereocenters. The first-order valence-corrected chi connectivity index (χ1v) is 13.5. The Balaban J connectivity index is 1.68. The molecule has 1 aliphatic heterocycles. The number of halogens is 5. The van der Waals surface area contributed by atoms with E-state index in [9.17, 15) is 31.7 Å². The van der Waals surface area contributed by atoms with Crippen molar-refractivity contribution < 1.29 is 50.8 Å². The topological polar surface area (TPSA) is 129 Å². The lowest BCUT2D eigenvalue weighted by molar-refractivity contribution is 0.0827. The van der Waals surface area contributed by atoms with Crippen molar-refractivity contribution in [2.45, 2.75) is 19.5 Å². The van der Waals surface area contributed by atoms with E-state index in [0.29, 0.717) is 17.7 Å². The summed E-state index contributed by atoms with van der Waals surface area (Å²) >= 11 is 6.31. The minimum absolute atomic E-state index is 0.125. The fourth-order valence-electron chi connectivity index (χ4n) is 4.09. The summed E-state index contributed by atoms with van der Waals surface area (Å²) in [5, 5.41) is 1.73. The van der Waals surface area contributed by atoms with Crippen LogP contribution in [0.25, 0.3) is 0 Å². The molecule has 0 fully saturated rings. The van der Waals surface area contributed by atoms with E-state index in [4.69, 9.17) is 26.1 Å². The van der Waals surface area contributed by atoms with Crippen molar-refractivity contribution in [1.29, 1.82) is 0 Å². The largest absolute Gasteiger partial charge is 0.472 e. The van der Waals surface area contributed by atoms with E-state index in [0.717, 1.165) is 17.0 Å². The lowest BCUT2D eigenvalue weighted by Crippen LogP contribution is -2.46. The Morgan fingerprint density at radius 3 is 2.37 bits per heavy atom. The highest BCUT2D eigenvalue weighted by molar-refractivity contribution is 7.46. The summed E-state index contributed by atoms with van der Waals surface area (Å²) in [6.45, 7) is 0.324. The lowest BCUT2D eigenvalue weighted by Gasteiger charge is -2.40. The molecule has 0 radical (unpaired) electrons. The van der Waals surface area contributed by atoms with Gasteiger partial charge in [0, 0.05) is 30.3 Å². The number of urea groups is 1. The van der Waals surface area contributed by atoms with Crippen LogP contribution in [-0.4, -0.2) is 40.5 Å². The molecule has 0 bridgehead atoms. The number of hydrogen-bond acceptors (Lipinski definition) is 5. The Kier molecular flexibility index (Phi) is 8.62. The molecule has 3 amide bonds. The number of nitrogens with zero attached hydrogens (tertiary/aromatic N) is 2. The van der Waals surface area contributed by atoms with Crippen LogP contribution in [-0.2, 0) is 15.6 Å². The van der Waals surface area contributed by atoms with Crippen molar-refractivity contribution in [3.63, 3.8) is 0 Å². The van der Waals surface area contributed by atoms with Gasteiger partial charge in [-0.25, -0.2) is 31.4 Å². The van der Waals surface area contributed by atoms with Gasteiger partial charge in [-0.15, -0.1) is 0 Å². The molecule has 4 rings (SSSR count). The van der Waals surface area contributed by atoms with Crippen LogP contribution in [0, 0.1) is 23.3 Å². The highest BCUT2D eigenvalue weighted by Gasteiger charge is 2.35. The molecule has 1 atom stereocenters. The Morgan fingerprint density at radius 2 is 1.73 bits per heavy atom. The normalized spacial score (nSPS) is 15.1. The predicted octanol–water partition coefficient (Wildman–Crippen LogP) is 5.73. The second kappa shape index (κ2) is 11.7. The molecule has 0 spiro atoms. The van der Waals surface area contributed by atoms with Gasteiger partial charge in [0.1, 0.15) is 23.1 Å². The molecule has 0 saturated carbocycles. The van der Waals surface area contributed by atoms with Crippen molar-refractivity contribution in [3.8, 4) is 5.75 Å². The van der Waals surface area contributed by atoms with Crippen LogP contribution < -0.4 is 15.0 Å². The van der Waals surface area contributed by atoms with Gasteiger partial charge in [-0.1, -0.05) is 17.7 Å². The smallest absolute Gasteiger partial charge is 0.465 e. The molecule has 3 aromatic carbocycles. The Labute approximate surface area is 235 Å². The number of phosphoric acid groups is 1. The van der Waals surface area contributed by atoms with E-state index in [1.54, 1.807) is 6.92 Å². The molecule has 0 aromatic heterocycles. The van der Waals surface area contributed by atoms with Gasteiger partial charge in [0.25, 0.3) is 5.91 Å². The number of rotatable bonds is 8. The fraction of sp³-hybridized carbons (Fsp3) is 0.200. The third-order valence-corrected chi connectivity index (χ3v) is 7.15. The first-order valence-electron chi connectivity index (χ1n) is 11.6. The Bertz CT molecular complexity index is 1570. The maximum absolute atomic E-state index is 14.9. The van der Waals surface area contributed by atoms with E-state index in [2.05, 4.69) is 4.52 Å². The number of hydrogen-bond donors (Lipinski definition) is 3. The van der Waals surface area contributed by atoms with Gasteiger partial charge in [-0.05, 0) is 36.8 Å². The molecule has 0 saturated heterocycles. The van der Waals surface area contributed by atoms with E-state index < -0.39 is 68.1 Å². The SMILES string of the molecule is C[C@H]1c2ccc(C(=O)Nc3c(F)cc(F)cc3F)cc2N(Cc2c(F)ccc(OCOP(=O)(O)O)c2Cl)C(=O)N1C. The number of amides is 3. The van der Waals surface area contributed by atoms with Crippen molar-refractivity contribution >= 4 is 42.7 Å². The number of nitrogens with one attached hydrogen (secondary N) is 1. The van der Waals surface area contributed by atoms with E-state index in [1.165, 1.54) is 30.1 Å². The highest BCUT2D eigenvalue weighted by atomic mass is 35.5. The molecular formula is C25H21ClF4N3O7P. The first-order chi connectivity index (χ1) is 19.2. The zero-order valence-corrected chi connectivity index (χ0v) is 22.9. The summed E-state index contributed by atoms with van der Waals surface area (Å²) in [4.78, 5) is 46.3.